The normalized spacial score (nSPS) is 21.2. The van der Waals surface area contributed by atoms with Crippen molar-refractivity contribution in [1.29, 1.82) is 0 Å². The topological polar surface area (TPSA) is 60.2 Å². The highest BCUT2D eigenvalue weighted by molar-refractivity contribution is 8.00. The van der Waals surface area contributed by atoms with Crippen LogP contribution < -0.4 is 0 Å². The predicted molar refractivity (Wildman–Crippen MR) is 115 cm³/mol. The van der Waals surface area contributed by atoms with Crippen LogP contribution in [0, 0.1) is 11.7 Å². The van der Waals surface area contributed by atoms with Crippen LogP contribution in [0.25, 0.3) is 11.4 Å². The molecule has 0 N–H and O–H groups in total. The van der Waals surface area contributed by atoms with Crippen LogP contribution in [0.1, 0.15) is 39.5 Å². The Morgan fingerprint density at radius 3 is 2.63 bits per heavy atom. The number of likely N-dealkylation sites (tertiary alicyclic amines) is 1. The van der Waals surface area contributed by atoms with Gasteiger partial charge in [0.1, 0.15) is 5.82 Å². The van der Waals surface area contributed by atoms with Gasteiger partial charge in [0.25, 0.3) is 0 Å². The van der Waals surface area contributed by atoms with Crippen molar-refractivity contribution < 1.29 is 13.9 Å². The highest BCUT2D eigenvalue weighted by atomic mass is 32.2. The van der Waals surface area contributed by atoms with Crippen molar-refractivity contribution in [2.24, 2.45) is 5.92 Å². The van der Waals surface area contributed by atoms with Crippen molar-refractivity contribution in [1.82, 2.24) is 19.7 Å². The summed E-state index contributed by atoms with van der Waals surface area (Å²) in [4.78, 5) is 14.9. The molecule has 4 rings (SSSR count). The van der Waals surface area contributed by atoms with Gasteiger partial charge < -0.3 is 9.64 Å². The van der Waals surface area contributed by atoms with E-state index in [4.69, 9.17) is 4.74 Å². The summed E-state index contributed by atoms with van der Waals surface area (Å²) in [6.07, 6.45) is 4.27. The number of halogens is 1. The third-order valence-corrected chi connectivity index (χ3v) is 7.02. The first-order chi connectivity index (χ1) is 14.5. The molecule has 0 saturated carbocycles. The zero-order valence-corrected chi connectivity index (χ0v) is 18.4. The molecule has 2 aliphatic heterocycles. The first-order valence-electron chi connectivity index (χ1n) is 10.8. The third-order valence-electron chi connectivity index (χ3n) is 5.95. The molecule has 1 aromatic heterocycles. The maximum absolute atomic E-state index is 13.4. The van der Waals surface area contributed by atoms with Crippen LogP contribution in [0.2, 0.25) is 0 Å². The maximum atomic E-state index is 13.4. The van der Waals surface area contributed by atoms with Gasteiger partial charge in [-0.2, -0.15) is 0 Å². The fraction of sp³-hybridized carbons (Fsp3) is 0.591. The summed E-state index contributed by atoms with van der Waals surface area (Å²) in [6, 6.07) is 6.28. The van der Waals surface area contributed by atoms with E-state index in [9.17, 15) is 9.18 Å². The minimum absolute atomic E-state index is 0.106. The molecule has 6 nitrogen and oxygen atoms in total. The molecular formula is C22H29FN4O2S. The summed E-state index contributed by atoms with van der Waals surface area (Å²) in [5, 5.41) is 9.24. The minimum atomic E-state index is -0.284. The molecule has 162 valence electrons. The van der Waals surface area contributed by atoms with Crippen molar-refractivity contribution in [2.45, 2.75) is 62.6 Å². The van der Waals surface area contributed by atoms with Gasteiger partial charge in [0.15, 0.2) is 11.0 Å². The maximum Gasteiger partial charge on any atom is 0.235 e. The van der Waals surface area contributed by atoms with Crippen molar-refractivity contribution in [3.63, 3.8) is 0 Å². The number of nitrogens with zero attached hydrogens (tertiary/aromatic N) is 4. The van der Waals surface area contributed by atoms with Crippen LogP contribution in [0.5, 0.6) is 0 Å². The predicted octanol–water partition coefficient (Wildman–Crippen LogP) is 4.00. The molecule has 2 saturated heterocycles. The highest BCUT2D eigenvalue weighted by Crippen LogP contribution is 2.30. The summed E-state index contributed by atoms with van der Waals surface area (Å²) < 4.78 is 21.2. The minimum Gasteiger partial charge on any atom is -0.376 e. The first kappa shape index (κ1) is 21.3. The highest BCUT2D eigenvalue weighted by Gasteiger charge is 2.28. The van der Waals surface area contributed by atoms with Crippen molar-refractivity contribution in [3.8, 4) is 11.4 Å². The van der Waals surface area contributed by atoms with E-state index in [0.29, 0.717) is 23.4 Å². The molecule has 1 aromatic carbocycles. The molecular weight excluding hydrogens is 403 g/mol. The summed E-state index contributed by atoms with van der Waals surface area (Å²) in [5.74, 6) is 1.24. The Bertz CT molecular complexity index is 859. The standard InChI is InChI=1S/C22H29FN4O2S/c1-15-9-11-26(12-10-15)21(28)16(2)30-22-25-24-20(17-5-7-18(23)8-6-17)27(22)14-19-4-3-13-29-19/h5-8,15-16,19H,3-4,9-14H2,1-2H3. The quantitative estimate of drug-likeness (QED) is 0.646. The van der Waals surface area contributed by atoms with Crippen LogP contribution in [0.4, 0.5) is 4.39 Å². The summed E-state index contributed by atoms with van der Waals surface area (Å²) in [7, 11) is 0. The zero-order chi connectivity index (χ0) is 21.1. The van der Waals surface area contributed by atoms with Gasteiger partial charge in [-0.1, -0.05) is 18.7 Å². The molecule has 1 amide bonds. The summed E-state index contributed by atoms with van der Waals surface area (Å²) in [5.41, 5.74) is 0.803. The Morgan fingerprint density at radius 2 is 1.97 bits per heavy atom. The molecule has 0 spiro atoms. The Kier molecular flexibility index (Phi) is 6.73. The number of thioether (sulfide) groups is 1. The number of piperidine rings is 1. The third kappa shape index (κ3) is 4.86. The number of carbonyl (C=O) groups is 1. The molecule has 0 aliphatic carbocycles. The van der Waals surface area contributed by atoms with Gasteiger partial charge in [0.05, 0.1) is 17.9 Å². The van der Waals surface area contributed by atoms with Gasteiger partial charge in [0.2, 0.25) is 5.91 Å². The van der Waals surface area contributed by atoms with Crippen LogP contribution in [-0.2, 0) is 16.1 Å². The van der Waals surface area contributed by atoms with Crippen LogP contribution in [-0.4, -0.2) is 56.6 Å². The Balaban J connectivity index is 1.54. The fourth-order valence-electron chi connectivity index (χ4n) is 4.04. The number of amides is 1. The van der Waals surface area contributed by atoms with Crippen LogP contribution in [0.15, 0.2) is 29.4 Å². The van der Waals surface area contributed by atoms with E-state index in [1.54, 1.807) is 12.1 Å². The van der Waals surface area contributed by atoms with E-state index in [-0.39, 0.29) is 23.1 Å². The van der Waals surface area contributed by atoms with Gasteiger partial charge in [0, 0.05) is 25.3 Å². The molecule has 30 heavy (non-hydrogen) atoms. The van der Waals surface area contributed by atoms with E-state index < -0.39 is 0 Å². The van der Waals surface area contributed by atoms with Gasteiger partial charge in [-0.15, -0.1) is 10.2 Å². The molecule has 2 aromatic rings. The average Bonchev–Trinajstić information content (AvgIpc) is 3.40. The average molecular weight is 433 g/mol. The first-order valence-corrected chi connectivity index (χ1v) is 11.7. The molecule has 2 aliphatic rings. The largest absolute Gasteiger partial charge is 0.376 e. The van der Waals surface area contributed by atoms with E-state index in [2.05, 4.69) is 17.1 Å². The SMILES string of the molecule is CC1CCN(C(=O)C(C)Sc2nnc(-c3ccc(F)cc3)n2CC2CCCO2)CC1. The number of aromatic nitrogens is 3. The monoisotopic (exact) mass is 432 g/mol. The molecule has 2 fully saturated rings. The second-order valence-electron chi connectivity index (χ2n) is 8.33. The summed E-state index contributed by atoms with van der Waals surface area (Å²) >= 11 is 1.44. The molecule has 8 heteroatoms. The van der Waals surface area contributed by atoms with E-state index in [1.807, 2.05) is 16.4 Å². The second-order valence-corrected chi connectivity index (χ2v) is 9.63. The number of hydrogen-bond donors (Lipinski definition) is 0. The van der Waals surface area contributed by atoms with Gasteiger partial charge in [-0.25, -0.2) is 4.39 Å². The smallest absolute Gasteiger partial charge is 0.235 e. The molecule has 2 unspecified atom stereocenters. The molecule has 0 bridgehead atoms. The van der Waals surface area contributed by atoms with Crippen LogP contribution >= 0.6 is 11.8 Å². The zero-order valence-electron chi connectivity index (χ0n) is 17.6. The number of hydrogen-bond acceptors (Lipinski definition) is 5. The van der Waals surface area contributed by atoms with Gasteiger partial charge >= 0.3 is 0 Å². The van der Waals surface area contributed by atoms with E-state index in [1.165, 1.54) is 23.9 Å². The molecule has 2 atom stereocenters. The van der Waals surface area contributed by atoms with Crippen molar-refractivity contribution in [2.75, 3.05) is 19.7 Å². The lowest BCUT2D eigenvalue weighted by molar-refractivity contribution is -0.131. The second kappa shape index (κ2) is 9.47. The lowest BCUT2D eigenvalue weighted by Crippen LogP contribution is -2.41. The number of rotatable bonds is 6. The molecule has 3 heterocycles. The Morgan fingerprint density at radius 1 is 1.23 bits per heavy atom. The fourth-order valence-corrected chi connectivity index (χ4v) is 4.98. The Hall–Kier alpha value is -1.93. The number of ether oxygens (including phenoxy) is 1. The lowest BCUT2D eigenvalue weighted by Gasteiger charge is -2.32. The van der Waals surface area contributed by atoms with Crippen molar-refractivity contribution in [3.05, 3.63) is 30.1 Å². The lowest BCUT2D eigenvalue weighted by atomic mass is 9.99. The van der Waals surface area contributed by atoms with E-state index >= 15 is 0 Å². The molecule has 0 radical (unpaired) electrons. The number of carbonyl (C=O) groups excluding carboxylic acids is 1. The Labute approximate surface area is 181 Å². The van der Waals surface area contributed by atoms with Gasteiger partial charge in [-0.3, -0.25) is 9.36 Å². The van der Waals surface area contributed by atoms with Crippen LogP contribution in [0.3, 0.4) is 0 Å². The van der Waals surface area contributed by atoms with Crippen molar-refractivity contribution >= 4 is 17.7 Å². The number of benzene rings is 1. The summed E-state index contributed by atoms with van der Waals surface area (Å²) in [6.45, 7) is 7.23. The van der Waals surface area contributed by atoms with Gasteiger partial charge in [-0.05, 0) is 62.8 Å². The van der Waals surface area contributed by atoms with E-state index in [0.717, 1.165) is 50.9 Å².